The number of nitrogens with zero attached hydrogens (tertiary/aromatic N) is 1. The lowest BCUT2D eigenvalue weighted by Crippen LogP contribution is -2.47. The molecule has 294 valence electrons. The average molecular weight is 805 g/mol. The van der Waals surface area contributed by atoms with E-state index in [4.69, 9.17) is 11.6 Å². The third-order valence-electron chi connectivity index (χ3n) is 11.2. The molecule has 0 radical (unpaired) electrons. The first-order valence-electron chi connectivity index (χ1n) is 18.6. The number of aryl methyl sites for hydroxylation is 1. The largest absolute Gasteiger partial charge is 0.356 e. The summed E-state index contributed by atoms with van der Waals surface area (Å²) in [4.78, 5) is 52.1. The molecule has 0 bridgehead atoms. The zero-order valence-electron chi connectivity index (χ0n) is 31.0. The molecule has 2 heterocycles. The molecule has 2 aromatic carbocycles. The molecule has 2 aliphatic heterocycles. The highest BCUT2D eigenvalue weighted by Gasteiger charge is 2.37. The first-order chi connectivity index (χ1) is 25.4. The molecular formula is C37H49ClN6O8S2. The third-order valence-corrected chi connectivity index (χ3v) is 15.0. The highest BCUT2D eigenvalue weighted by atomic mass is 35.5. The molecule has 2 saturated heterocycles. The first kappa shape index (κ1) is 39.8. The fourth-order valence-corrected chi connectivity index (χ4v) is 11.2. The summed E-state index contributed by atoms with van der Waals surface area (Å²) >= 11 is 6.62. The Morgan fingerprint density at radius 2 is 1.48 bits per heavy atom. The number of likely N-dealkylation sites (tertiary alicyclic amines) is 1. The van der Waals surface area contributed by atoms with Crippen LogP contribution in [0, 0.1) is 5.92 Å². The molecule has 0 saturated carbocycles. The van der Waals surface area contributed by atoms with Crippen LogP contribution in [0.15, 0.2) is 18.2 Å². The lowest BCUT2D eigenvalue weighted by atomic mass is 9.85. The van der Waals surface area contributed by atoms with Crippen molar-refractivity contribution in [3.8, 4) is 0 Å². The minimum atomic E-state index is -4.13. The van der Waals surface area contributed by atoms with Gasteiger partial charge in [0.05, 0.1) is 10.5 Å². The number of anilines is 2. The van der Waals surface area contributed by atoms with E-state index in [1.807, 2.05) is 20.8 Å². The molecule has 4 aliphatic rings. The molecule has 6 rings (SSSR count). The number of sulfonamides is 2. The van der Waals surface area contributed by atoms with Crippen LogP contribution in [0.25, 0.3) is 0 Å². The lowest BCUT2D eigenvalue weighted by molar-refractivity contribution is -0.131. The Labute approximate surface area is 322 Å². The quantitative estimate of drug-likeness (QED) is 0.228. The van der Waals surface area contributed by atoms with Crippen molar-refractivity contribution in [3.05, 3.63) is 56.6 Å². The summed E-state index contributed by atoms with van der Waals surface area (Å²) < 4.78 is 56.6. The van der Waals surface area contributed by atoms with Gasteiger partial charge in [0.2, 0.25) is 31.9 Å². The third kappa shape index (κ3) is 8.65. The predicted molar refractivity (Wildman–Crippen MR) is 207 cm³/mol. The lowest BCUT2D eigenvalue weighted by Gasteiger charge is -2.28. The van der Waals surface area contributed by atoms with Gasteiger partial charge in [-0.25, -0.2) is 35.9 Å². The van der Waals surface area contributed by atoms with Crippen LogP contribution in [0.3, 0.4) is 0 Å². The topological polar surface area (TPSA) is 200 Å². The predicted octanol–water partition coefficient (Wildman–Crippen LogP) is 4.66. The van der Waals surface area contributed by atoms with Gasteiger partial charge in [0.1, 0.15) is 0 Å². The van der Waals surface area contributed by atoms with Crippen molar-refractivity contribution < 1.29 is 36.0 Å². The van der Waals surface area contributed by atoms with Crippen LogP contribution >= 0.6 is 11.6 Å². The van der Waals surface area contributed by atoms with E-state index in [0.717, 1.165) is 59.1 Å². The van der Waals surface area contributed by atoms with Gasteiger partial charge in [0.15, 0.2) is 0 Å². The molecule has 2 aliphatic carbocycles. The first-order valence-corrected chi connectivity index (χ1v) is 22.0. The van der Waals surface area contributed by atoms with Gasteiger partial charge in [-0.2, -0.15) is 0 Å². The Morgan fingerprint density at radius 3 is 2.13 bits per heavy atom. The fraction of sp³-hybridized carbons (Fsp3) is 0.568. The molecule has 5 N–H and O–H groups in total. The molecular weight excluding hydrogens is 756 g/mol. The minimum absolute atomic E-state index is 0.0646. The maximum absolute atomic E-state index is 13.3. The molecule has 0 spiro atoms. The number of halogens is 1. The molecule has 17 heteroatoms. The molecule has 2 aromatic rings. The Balaban J connectivity index is 1.19. The number of amides is 6. The highest BCUT2D eigenvalue weighted by Crippen LogP contribution is 2.44. The number of nitrogens with one attached hydrogen (secondary N) is 5. The number of fused-ring (bicyclic) bond motifs is 2. The standard InChI is InChI=1S/C37H49ClN6O8S2/c1-20(2)29-16-25(38)17-30(35(29)41-37(48)42-53(49,50)26-8-10-39-32(45)18-26)21(3)12-22-13-24-15-23-6-5-7-28(23)34(31(24)14-22)40-36(47)43-54(51,52)27-9-11-44(4)33(46)19-27/h15-17,20-22,26-27H,5-14,18-19H2,1-4H3,(H,39,45)(H2,40,43,47)(H2,41,42,48). The summed E-state index contributed by atoms with van der Waals surface area (Å²) in [7, 11) is -6.60. The van der Waals surface area contributed by atoms with Crippen molar-refractivity contribution in [2.45, 2.75) is 107 Å². The highest BCUT2D eigenvalue weighted by molar-refractivity contribution is 7.91. The van der Waals surface area contributed by atoms with E-state index in [9.17, 15) is 36.0 Å². The average Bonchev–Trinajstić information content (AvgIpc) is 3.72. The van der Waals surface area contributed by atoms with E-state index in [1.165, 1.54) is 4.90 Å². The van der Waals surface area contributed by atoms with E-state index in [-0.39, 0.29) is 61.8 Å². The monoisotopic (exact) mass is 804 g/mol. The fourth-order valence-electron chi connectivity index (χ4n) is 8.42. The van der Waals surface area contributed by atoms with E-state index < -0.39 is 42.6 Å². The summed E-state index contributed by atoms with van der Waals surface area (Å²) in [6, 6.07) is 4.00. The van der Waals surface area contributed by atoms with Gasteiger partial charge >= 0.3 is 12.1 Å². The number of benzene rings is 2. The van der Waals surface area contributed by atoms with Gasteiger partial charge in [-0.1, -0.05) is 38.4 Å². The van der Waals surface area contributed by atoms with Crippen LogP contribution in [-0.2, 0) is 55.3 Å². The van der Waals surface area contributed by atoms with Gasteiger partial charge in [0.25, 0.3) is 0 Å². The van der Waals surface area contributed by atoms with Crippen molar-refractivity contribution >= 4 is 66.9 Å². The number of urea groups is 2. The van der Waals surface area contributed by atoms with Crippen LogP contribution in [0.4, 0.5) is 21.0 Å². The Kier molecular flexibility index (Phi) is 11.6. The van der Waals surface area contributed by atoms with E-state index in [1.54, 1.807) is 19.2 Å². The van der Waals surface area contributed by atoms with Gasteiger partial charge in [0, 0.05) is 49.4 Å². The maximum Gasteiger partial charge on any atom is 0.332 e. The molecule has 6 amide bonds. The number of hydrogen-bond donors (Lipinski definition) is 5. The van der Waals surface area contributed by atoms with Crippen molar-refractivity contribution in [2.24, 2.45) is 5.92 Å². The van der Waals surface area contributed by atoms with Gasteiger partial charge in [-0.05, 0) is 115 Å². The van der Waals surface area contributed by atoms with Crippen molar-refractivity contribution in [2.75, 3.05) is 30.8 Å². The van der Waals surface area contributed by atoms with Crippen LogP contribution in [-0.4, -0.2) is 76.2 Å². The van der Waals surface area contributed by atoms with Crippen LogP contribution in [0.2, 0.25) is 5.02 Å². The summed E-state index contributed by atoms with van der Waals surface area (Å²) in [6.45, 7) is 6.45. The maximum atomic E-state index is 13.3. The second-order valence-corrected chi connectivity index (χ2v) is 19.9. The van der Waals surface area contributed by atoms with Crippen LogP contribution in [0.1, 0.15) is 105 Å². The van der Waals surface area contributed by atoms with Crippen molar-refractivity contribution in [1.82, 2.24) is 19.7 Å². The molecule has 2 fully saturated rings. The summed E-state index contributed by atoms with van der Waals surface area (Å²) in [5.74, 6) is -0.725. The number of rotatable bonds is 10. The molecule has 4 atom stereocenters. The smallest absolute Gasteiger partial charge is 0.332 e. The number of carbonyl (C=O) groups is 4. The van der Waals surface area contributed by atoms with Gasteiger partial charge in [-0.3, -0.25) is 9.59 Å². The van der Waals surface area contributed by atoms with Crippen molar-refractivity contribution in [3.63, 3.8) is 0 Å². The van der Waals surface area contributed by atoms with Gasteiger partial charge in [-0.15, -0.1) is 0 Å². The second kappa shape index (κ2) is 15.7. The molecule has 4 unspecified atom stereocenters. The zero-order valence-corrected chi connectivity index (χ0v) is 33.4. The SMILES string of the molecule is CC(C)c1cc(Cl)cc(C(C)CC2Cc3cc4c(c(NC(=O)NS(=O)(=O)C5CCN(C)C(=O)C5)c3C2)CCC4)c1NC(=O)NS(=O)(=O)C1CCNC(=O)C1. The summed E-state index contributed by atoms with van der Waals surface area (Å²) in [5.41, 5.74) is 6.87. The summed E-state index contributed by atoms with van der Waals surface area (Å²) in [6.07, 6.45) is 4.62. The minimum Gasteiger partial charge on any atom is -0.356 e. The Bertz CT molecular complexity index is 2090. The molecule has 54 heavy (non-hydrogen) atoms. The van der Waals surface area contributed by atoms with Crippen LogP contribution in [0.5, 0.6) is 0 Å². The molecule has 0 aromatic heterocycles. The van der Waals surface area contributed by atoms with Crippen LogP contribution < -0.4 is 25.4 Å². The normalized spacial score (nSPS) is 22.0. The van der Waals surface area contributed by atoms with E-state index in [2.05, 4.69) is 31.5 Å². The zero-order chi connectivity index (χ0) is 39.1. The summed E-state index contributed by atoms with van der Waals surface area (Å²) in [5, 5.41) is 6.79. The molecule has 14 nitrogen and oxygen atoms in total. The van der Waals surface area contributed by atoms with Gasteiger partial charge < -0.3 is 20.9 Å². The van der Waals surface area contributed by atoms with E-state index >= 15 is 0 Å². The Hall–Kier alpha value is -3.89. The van der Waals surface area contributed by atoms with E-state index in [0.29, 0.717) is 35.8 Å². The Morgan fingerprint density at radius 1 is 0.833 bits per heavy atom. The number of carbonyl (C=O) groups excluding carboxylic acids is 4. The second-order valence-electron chi connectivity index (χ2n) is 15.5. The van der Waals surface area contributed by atoms with Crippen molar-refractivity contribution in [1.29, 1.82) is 0 Å². The number of piperidine rings is 2. The number of hydrogen-bond acceptors (Lipinski definition) is 8.